The Kier molecular flexibility index (Phi) is 6.06. The van der Waals surface area contributed by atoms with Gasteiger partial charge in [-0.1, -0.05) is 30.3 Å². The lowest BCUT2D eigenvalue weighted by molar-refractivity contribution is -0.274. The molecule has 0 unspecified atom stereocenters. The number of rotatable bonds is 7. The largest absolute Gasteiger partial charge is 0.573 e. The predicted octanol–water partition coefficient (Wildman–Crippen LogP) is 3.32. The topological polar surface area (TPSA) is 47.6 Å². The zero-order valence-corrected chi connectivity index (χ0v) is 12.7. The molecular weight excluding hydrogens is 323 g/mol. The summed E-state index contributed by atoms with van der Waals surface area (Å²) in [6, 6.07) is 14.5. The normalized spacial score (nSPS) is 11.0. The maximum atomic E-state index is 12.0. The summed E-state index contributed by atoms with van der Waals surface area (Å²) in [7, 11) is 0. The summed E-state index contributed by atoms with van der Waals surface area (Å²) >= 11 is 0. The summed E-state index contributed by atoms with van der Waals surface area (Å²) in [5, 5.41) is 2.68. The standard InChI is InChI=1S/C17H16F3NO3/c18-17(19,20)24-15-8-6-13(7-9-15)10-11-21-16(22)12-23-14-4-2-1-3-5-14/h1-9H,10-12H2,(H,21,22). The van der Waals surface area contributed by atoms with E-state index in [0.717, 1.165) is 5.56 Å². The second kappa shape index (κ2) is 8.24. The third-order valence-corrected chi connectivity index (χ3v) is 3.01. The van der Waals surface area contributed by atoms with Crippen molar-refractivity contribution in [1.29, 1.82) is 0 Å². The Hall–Kier alpha value is -2.70. The number of benzene rings is 2. The van der Waals surface area contributed by atoms with E-state index in [4.69, 9.17) is 4.74 Å². The van der Waals surface area contributed by atoms with Crippen LogP contribution in [0.2, 0.25) is 0 Å². The third-order valence-electron chi connectivity index (χ3n) is 3.01. The highest BCUT2D eigenvalue weighted by molar-refractivity contribution is 5.77. The van der Waals surface area contributed by atoms with Gasteiger partial charge in [0.25, 0.3) is 5.91 Å². The molecule has 0 atom stereocenters. The van der Waals surface area contributed by atoms with E-state index < -0.39 is 6.36 Å². The lowest BCUT2D eigenvalue weighted by Gasteiger charge is -2.10. The first-order valence-corrected chi connectivity index (χ1v) is 7.21. The predicted molar refractivity (Wildman–Crippen MR) is 81.8 cm³/mol. The number of para-hydroxylation sites is 1. The van der Waals surface area contributed by atoms with Gasteiger partial charge < -0.3 is 14.8 Å². The van der Waals surface area contributed by atoms with Crippen LogP contribution in [0.1, 0.15) is 5.56 Å². The maximum Gasteiger partial charge on any atom is 0.573 e. The molecule has 0 saturated heterocycles. The Morgan fingerprint density at radius 1 is 0.958 bits per heavy atom. The van der Waals surface area contributed by atoms with Crippen molar-refractivity contribution in [2.45, 2.75) is 12.8 Å². The van der Waals surface area contributed by atoms with Crippen molar-refractivity contribution in [2.75, 3.05) is 13.2 Å². The van der Waals surface area contributed by atoms with Gasteiger partial charge in [0.1, 0.15) is 11.5 Å². The summed E-state index contributed by atoms with van der Waals surface area (Å²) in [5.41, 5.74) is 0.786. The average Bonchev–Trinajstić information content (AvgIpc) is 2.54. The molecule has 1 amide bonds. The zero-order chi connectivity index (χ0) is 17.4. The Balaban J connectivity index is 1.69. The second-order valence-corrected chi connectivity index (χ2v) is 4.89. The van der Waals surface area contributed by atoms with Crippen LogP contribution in [0.3, 0.4) is 0 Å². The van der Waals surface area contributed by atoms with Crippen LogP contribution in [-0.2, 0) is 11.2 Å². The summed E-state index contributed by atoms with van der Waals surface area (Å²) < 4.78 is 45.2. The molecule has 2 aromatic carbocycles. The quantitative estimate of drug-likeness (QED) is 0.842. The molecule has 0 fully saturated rings. The van der Waals surface area contributed by atoms with Crippen molar-refractivity contribution in [3.8, 4) is 11.5 Å². The van der Waals surface area contributed by atoms with Crippen molar-refractivity contribution < 1.29 is 27.4 Å². The summed E-state index contributed by atoms with van der Waals surface area (Å²) in [6.07, 6.45) is -4.21. The van der Waals surface area contributed by atoms with Gasteiger partial charge in [-0.2, -0.15) is 0 Å². The fourth-order valence-corrected chi connectivity index (χ4v) is 1.92. The highest BCUT2D eigenvalue weighted by Gasteiger charge is 2.30. The van der Waals surface area contributed by atoms with Gasteiger partial charge in [-0.3, -0.25) is 4.79 Å². The first kappa shape index (κ1) is 17.7. The molecule has 0 aliphatic carbocycles. The fourth-order valence-electron chi connectivity index (χ4n) is 1.92. The molecule has 0 aliphatic rings. The number of carbonyl (C=O) groups is 1. The van der Waals surface area contributed by atoms with Gasteiger partial charge in [-0.15, -0.1) is 13.2 Å². The molecule has 0 saturated carbocycles. The molecular formula is C17H16F3NO3. The average molecular weight is 339 g/mol. The van der Waals surface area contributed by atoms with Gasteiger partial charge in [0, 0.05) is 6.54 Å². The number of carbonyl (C=O) groups excluding carboxylic acids is 1. The SMILES string of the molecule is O=C(COc1ccccc1)NCCc1ccc(OC(F)(F)F)cc1. The van der Waals surface area contributed by atoms with E-state index in [1.165, 1.54) is 24.3 Å². The van der Waals surface area contributed by atoms with E-state index >= 15 is 0 Å². The van der Waals surface area contributed by atoms with Crippen LogP contribution in [0.15, 0.2) is 54.6 Å². The van der Waals surface area contributed by atoms with E-state index in [-0.39, 0.29) is 18.3 Å². The van der Waals surface area contributed by atoms with E-state index in [1.807, 2.05) is 6.07 Å². The molecule has 0 aliphatic heterocycles. The number of ether oxygens (including phenoxy) is 2. The van der Waals surface area contributed by atoms with Crippen molar-refractivity contribution in [3.63, 3.8) is 0 Å². The molecule has 2 rings (SSSR count). The minimum absolute atomic E-state index is 0.0949. The Morgan fingerprint density at radius 2 is 1.62 bits per heavy atom. The first-order valence-electron chi connectivity index (χ1n) is 7.21. The van der Waals surface area contributed by atoms with Gasteiger partial charge in [0.2, 0.25) is 0 Å². The number of hydrogen-bond acceptors (Lipinski definition) is 3. The zero-order valence-electron chi connectivity index (χ0n) is 12.7. The number of hydrogen-bond donors (Lipinski definition) is 1. The van der Waals surface area contributed by atoms with Crippen LogP contribution in [-0.4, -0.2) is 25.4 Å². The molecule has 7 heteroatoms. The van der Waals surface area contributed by atoms with Crippen LogP contribution in [0.5, 0.6) is 11.5 Å². The van der Waals surface area contributed by atoms with Gasteiger partial charge in [-0.05, 0) is 36.2 Å². The molecule has 128 valence electrons. The summed E-state index contributed by atoms with van der Waals surface area (Å²) in [5.74, 6) is 0.0651. The smallest absolute Gasteiger partial charge is 0.484 e. The fraction of sp³-hybridized carbons (Fsp3) is 0.235. The molecule has 0 bridgehead atoms. The monoisotopic (exact) mass is 339 g/mol. The van der Waals surface area contributed by atoms with Crippen LogP contribution in [0.25, 0.3) is 0 Å². The van der Waals surface area contributed by atoms with E-state index in [2.05, 4.69) is 10.1 Å². The van der Waals surface area contributed by atoms with Gasteiger partial charge in [0.05, 0.1) is 0 Å². The van der Waals surface area contributed by atoms with Gasteiger partial charge in [-0.25, -0.2) is 0 Å². The third kappa shape index (κ3) is 6.60. The maximum absolute atomic E-state index is 12.0. The molecule has 1 N–H and O–H groups in total. The Morgan fingerprint density at radius 3 is 2.25 bits per heavy atom. The van der Waals surface area contributed by atoms with Crippen molar-refractivity contribution in [2.24, 2.45) is 0 Å². The van der Waals surface area contributed by atoms with E-state index in [0.29, 0.717) is 18.7 Å². The van der Waals surface area contributed by atoms with Gasteiger partial charge >= 0.3 is 6.36 Å². The number of halogens is 3. The van der Waals surface area contributed by atoms with Crippen molar-refractivity contribution in [1.82, 2.24) is 5.32 Å². The van der Waals surface area contributed by atoms with E-state index in [9.17, 15) is 18.0 Å². The molecule has 0 aromatic heterocycles. The van der Waals surface area contributed by atoms with Crippen LogP contribution >= 0.6 is 0 Å². The molecule has 24 heavy (non-hydrogen) atoms. The first-order chi connectivity index (χ1) is 11.4. The number of alkyl halides is 3. The highest BCUT2D eigenvalue weighted by atomic mass is 19.4. The second-order valence-electron chi connectivity index (χ2n) is 4.89. The number of nitrogens with one attached hydrogen (secondary N) is 1. The molecule has 0 heterocycles. The van der Waals surface area contributed by atoms with Crippen molar-refractivity contribution in [3.05, 3.63) is 60.2 Å². The van der Waals surface area contributed by atoms with Crippen LogP contribution in [0, 0.1) is 0 Å². The van der Waals surface area contributed by atoms with E-state index in [1.54, 1.807) is 24.3 Å². The Labute approximate surface area is 137 Å². The molecule has 0 radical (unpaired) electrons. The molecule has 0 spiro atoms. The highest BCUT2D eigenvalue weighted by Crippen LogP contribution is 2.22. The minimum Gasteiger partial charge on any atom is -0.484 e. The van der Waals surface area contributed by atoms with Crippen molar-refractivity contribution >= 4 is 5.91 Å². The summed E-state index contributed by atoms with van der Waals surface area (Å²) in [6.45, 7) is 0.263. The molecule has 4 nitrogen and oxygen atoms in total. The summed E-state index contributed by atoms with van der Waals surface area (Å²) in [4.78, 5) is 11.6. The van der Waals surface area contributed by atoms with Crippen LogP contribution < -0.4 is 14.8 Å². The molecule has 2 aromatic rings. The lowest BCUT2D eigenvalue weighted by Crippen LogP contribution is -2.30. The van der Waals surface area contributed by atoms with Gasteiger partial charge in [0.15, 0.2) is 6.61 Å². The van der Waals surface area contributed by atoms with Crippen LogP contribution in [0.4, 0.5) is 13.2 Å². The minimum atomic E-state index is -4.70. The Bertz CT molecular complexity index is 642. The number of amides is 1. The lowest BCUT2D eigenvalue weighted by atomic mass is 10.1.